The van der Waals surface area contributed by atoms with Gasteiger partial charge < -0.3 is 10.1 Å². The zero-order valence-corrected chi connectivity index (χ0v) is 18.9. The van der Waals surface area contributed by atoms with Crippen molar-refractivity contribution in [1.82, 2.24) is 9.13 Å². The third-order valence-corrected chi connectivity index (χ3v) is 5.59. The highest BCUT2D eigenvalue weighted by Gasteiger charge is 2.38. The molecule has 1 aliphatic rings. The van der Waals surface area contributed by atoms with Crippen LogP contribution in [0.15, 0.2) is 39.1 Å². The summed E-state index contributed by atoms with van der Waals surface area (Å²) in [5.74, 6) is -0.913. The molecule has 1 atom stereocenters. The van der Waals surface area contributed by atoms with Crippen molar-refractivity contribution in [1.29, 1.82) is 0 Å². The highest BCUT2D eigenvalue weighted by atomic mass is 35.5. The highest BCUT2D eigenvalue weighted by molar-refractivity contribution is 6.35. The normalized spacial score (nSPS) is 15.8. The number of rotatable bonds is 4. The Hall–Kier alpha value is -2.51. The van der Waals surface area contributed by atoms with E-state index in [-0.39, 0.29) is 23.7 Å². The number of ether oxygens (including phenoxy) is 1. The van der Waals surface area contributed by atoms with Crippen LogP contribution in [0.3, 0.4) is 0 Å². The molecular formula is C21H23Cl2N3O4. The molecule has 2 aromatic rings. The molecule has 0 saturated carbocycles. The summed E-state index contributed by atoms with van der Waals surface area (Å²) in [6.45, 7) is 5.80. The van der Waals surface area contributed by atoms with Crippen LogP contribution in [0.1, 0.15) is 37.8 Å². The molecule has 1 aliphatic heterocycles. The number of anilines is 1. The van der Waals surface area contributed by atoms with Gasteiger partial charge >= 0.3 is 11.7 Å². The van der Waals surface area contributed by atoms with Crippen molar-refractivity contribution >= 4 is 35.0 Å². The number of carbonyl (C=O) groups is 1. The first-order valence-corrected chi connectivity index (χ1v) is 10.2. The lowest BCUT2D eigenvalue weighted by atomic mass is 9.82. The summed E-state index contributed by atoms with van der Waals surface area (Å²) in [7, 11) is 2.96. The fourth-order valence-corrected chi connectivity index (χ4v) is 4.04. The molecule has 0 radical (unpaired) electrons. The van der Waals surface area contributed by atoms with Crippen molar-refractivity contribution in [3.63, 3.8) is 0 Å². The van der Waals surface area contributed by atoms with Crippen LogP contribution in [-0.2, 0) is 23.6 Å². The topological polar surface area (TPSA) is 82.3 Å². The first-order chi connectivity index (χ1) is 14.0. The Balaban J connectivity index is 2.33. The summed E-state index contributed by atoms with van der Waals surface area (Å²) >= 11 is 12.5. The Morgan fingerprint density at radius 1 is 1.20 bits per heavy atom. The Kier molecular flexibility index (Phi) is 6.15. The molecule has 7 nitrogen and oxygen atoms in total. The van der Waals surface area contributed by atoms with Gasteiger partial charge in [-0.15, -0.1) is 0 Å². The van der Waals surface area contributed by atoms with Gasteiger partial charge in [0, 0.05) is 29.8 Å². The van der Waals surface area contributed by atoms with Gasteiger partial charge in [-0.25, -0.2) is 9.59 Å². The van der Waals surface area contributed by atoms with Gasteiger partial charge in [0.2, 0.25) is 0 Å². The molecule has 0 saturated heterocycles. The van der Waals surface area contributed by atoms with E-state index in [4.69, 9.17) is 27.9 Å². The molecule has 0 bridgehead atoms. The number of benzene rings is 1. The van der Waals surface area contributed by atoms with Gasteiger partial charge in [0.1, 0.15) is 5.82 Å². The van der Waals surface area contributed by atoms with Crippen LogP contribution in [0.25, 0.3) is 0 Å². The quantitative estimate of drug-likeness (QED) is 0.719. The van der Waals surface area contributed by atoms with Crippen molar-refractivity contribution in [2.45, 2.75) is 26.7 Å². The number of nitrogens with one attached hydrogen (secondary N) is 1. The van der Waals surface area contributed by atoms with Gasteiger partial charge in [0.25, 0.3) is 5.56 Å². The number of allylic oxidation sites excluding steroid dienone is 1. The fraction of sp³-hybridized carbons (Fsp3) is 0.381. The average Bonchev–Trinajstić information content (AvgIpc) is 2.68. The predicted octanol–water partition coefficient (Wildman–Crippen LogP) is 3.42. The van der Waals surface area contributed by atoms with Crippen molar-refractivity contribution in [3.8, 4) is 0 Å². The Morgan fingerprint density at radius 3 is 2.47 bits per heavy atom. The maximum atomic E-state index is 13.2. The molecule has 160 valence electrons. The van der Waals surface area contributed by atoms with E-state index < -0.39 is 23.1 Å². The second-order valence-corrected chi connectivity index (χ2v) is 8.57. The van der Waals surface area contributed by atoms with E-state index in [0.29, 0.717) is 27.1 Å². The molecule has 1 N–H and O–H groups in total. The summed E-state index contributed by atoms with van der Waals surface area (Å²) in [5, 5.41) is 3.78. The van der Waals surface area contributed by atoms with Crippen LogP contribution in [-0.4, -0.2) is 21.7 Å². The molecular weight excluding hydrogens is 429 g/mol. The lowest BCUT2D eigenvalue weighted by Gasteiger charge is -2.31. The lowest BCUT2D eigenvalue weighted by Crippen LogP contribution is -2.43. The first kappa shape index (κ1) is 22.2. The highest BCUT2D eigenvalue weighted by Crippen LogP contribution is 2.42. The molecule has 1 aromatic carbocycles. The average molecular weight is 452 g/mol. The van der Waals surface area contributed by atoms with Crippen molar-refractivity contribution in [2.24, 2.45) is 20.0 Å². The summed E-state index contributed by atoms with van der Waals surface area (Å²) in [6, 6.07) is 4.88. The van der Waals surface area contributed by atoms with Gasteiger partial charge in [-0.1, -0.05) is 43.1 Å². The molecule has 1 unspecified atom stereocenters. The molecule has 0 fully saturated rings. The number of carbonyl (C=O) groups excluding carboxylic acids is 1. The third kappa shape index (κ3) is 3.79. The maximum absolute atomic E-state index is 13.2. The summed E-state index contributed by atoms with van der Waals surface area (Å²) < 4.78 is 7.83. The number of hydrogen-bond donors (Lipinski definition) is 1. The Bertz CT molecular complexity index is 1180. The Morgan fingerprint density at radius 2 is 1.87 bits per heavy atom. The van der Waals surface area contributed by atoms with Crippen LogP contribution in [0.5, 0.6) is 0 Å². The monoisotopic (exact) mass is 451 g/mol. The largest absolute Gasteiger partial charge is 0.462 e. The number of nitrogens with zero attached hydrogens (tertiary/aromatic N) is 2. The zero-order valence-electron chi connectivity index (χ0n) is 17.4. The SMILES string of the molecule is CC1=C(C(=O)OCC(C)C)C(c2ccc(Cl)cc2Cl)c2c(n(C)c(=O)n(C)c2=O)N1. The summed E-state index contributed by atoms with van der Waals surface area (Å²) in [6.07, 6.45) is 0. The number of aromatic nitrogens is 2. The third-order valence-electron chi connectivity index (χ3n) is 5.03. The Labute approximate surface area is 183 Å². The molecule has 0 spiro atoms. The van der Waals surface area contributed by atoms with Gasteiger partial charge in [-0.2, -0.15) is 0 Å². The van der Waals surface area contributed by atoms with Gasteiger partial charge in [0.05, 0.1) is 23.7 Å². The minimum Gasteiger partial charge on any atom is -0.462 e. The molecule has 9 heteroatoms. The van der Waals surface area contributed by atoms with Gasteiger partial charge in [0.15, 0.2) is 0 Å². The van der Waals surface area contributed by atoms with Crippen LogP contribution in [0.4, 0.5) is 5.82 Å². The summed E-state index contributed by atoms with van der Waals surface area (Å²) in [5.41, 5.74) is 0.518. The summed E-state index contributed by atoms with van der Waals surface area (Å²) in [4.78, 5) is 38.7. The van der Waals surface area contributed by atoms with E-state index in [1.807, 2.05) is 13.8 Å². The molecule has 2 heterocycles. The smallest absolute Gasteiger partial charge is 0.336 e. The van der Waals surface area contributed by atoms with Crippen molar-refractivity contribution in [3.05, 3.63) is 71.5 Å². The maximum Gasteiger partial charge on any atom is 0.336 e. The number of fused-ring (bicyclic) bond motifs is 1. The predicted molar refractivity (Wildman–Crippen MR) is 117 cm³/mol. The van der Waals surface area contributed by atoms with E-state index >= 15 is 0 Å². The second-order valence-electron chi connectivity index (χ2n) is 7.72. The van der Waals surface area contributed by atoms with Crippen LogP contribution >= 0.6 is 23.2 Å². The van der Waals surface area contributed by atoms with Crippen LogP contribution < -0.4 is 16.6 Å². The van der Waals surface area contributed by atoms with Crippen LogP contribution in [0, 0.1) is 5.92 Å². The van der Waals surface area contributed by atoms with Crippen molar-refractivity contribution < 1.29 is 9.53 Å². The van der Waals surface area contributed by atoms with E-state index in [2.05, 4.69) is 5.32 Å². The van der Waals surface area contributed by atoms with Gasteiger partial charge in [-0.3, -0.25) is 13.9 Å². The zero-order chi connectivity index (χ0) is 22.3. The van der Waals surface area contributed by atoms with E-state index in [9.17, 15) is 14.4 Å². The number of hydrogen-bond acceptors (Lipinski definition) is 5. The molecule has 3 rings (SSSR count). The second kappa shape index (κ2) is 8.32. The number of halogens is 2. The van der Waals surface area contributed by atoms with E-state index in [1.54, 1.807) is 32.2 Å². The standard InChI is InChI=1S/C21H23Cl2N3O4/c1-10(2)9-30-20(28)15-11(3)24-18-17(19(27)26(5)21(29)25(18)4)16(15)13-7-6-12(22)8-14(13)23/h6-8,10,16,24H,9H2,1-5H3. The minimum atomic E-state index is -0.823. The van der Waals surface area contributed by atoms with E-state index in [0.717, 1.165) is 4.57 Å². The molecule has 0 aliphatic carbocycles. The van der Waals surface area contributed by atoms with Crippen LogP contribution in [0.2, 0.25) is 10.0 Å². The number of esters is 1. The van der Waals surface area contributed by atoms with Gasteiger partial charge in [-0.05, 0) is 30.5 Å². The van der Waals surface area contributed by atoms with E-state index in [1.165, 1.54) is 11.6 Å². The molecule has 0 amide bonds. The lowest BCUT2D eigenvalue weighted by molar-refractivity contribution is -0.140. The minimum absolute atomic E-state index is 0.143. The molecule has 1 aromatic heterocycles. The van der Waals surface area contributed by atoms with Crippen molar-refractivity contribution in [2.75, 3.05) is 11.9 Å². The molecule has 30 heavy (non-hydrogen) atoms. The fourth-order valence-electron chi connectivity index (χ4n) is 3.52. The first-order valence-electron chi connectivity index (χ1n) is 9.44.